The van der Waals surface area contributed by atoms with E-state index in [2.05, 4.69) is 9.80 Å². The molecule has 0 saturated carbocycles. The van der Waals surface area contributed by atoms with Crippen LogP contribution in [0.15, 0.2) is 0 Å². The Balaban J connectivity index is 2.25. The molecule has 88 valence electrons. The van der Waals surface area contributed by atoms with Crippen molar-refractivity contribution in [2.75, 3.05) is 46.9 Å². The number of carboxylic acids is 1. The van der Waals surface area contributed by atoms with Crippen LogP contribution in [0.3, 0.4) is 0 Å². The molecule has 1 atom stereocenters. The van der Waals surface area contributed by atoms with E-state index >= 15 is 0 Å². The molecule has 1 fully saturated rings. The first-order valence-electron chi connectivity index (χ1n) is 5.28. The van der Waals surface area contributed by atoms with Gasteiger partial charge in [0.1, 0.15) is 0 Å². The van der Waals surface area contributed by atoms with Crippen LogP contribution >= 0.6 is 0 Å². The summed E-state index contributed by atoms with van der Waals surface area (Å²) in [5.41, 5.74) is 0. The number of aliphatic carboxylic acids is 1. The van der Waals surface area contributed by atoms with Crippen LogP contribution in [-0.2, 0) is 9.53 Å². The summed E-state index contributed by atoms with van der Waals surface area (Å²) in [5.74, 6) is -0.783. The van der Waals surface area contributed by atoms with Gasteiger partial charge < -0.3 is 14.7 Å². The summed E-state index contributed by atoms with van der Waals surface area (Å²) < 4.78 is 5.39. The summed E-state index contributed by atoms with van der Waals surface area (Å²) in [6, 6.07) is 0. The molecule has 0 aromatic carbocycles. The summed E-state index contributed by atoms with van der Waals surface area (Å²) in [7, 11) is 4.07. The maximum atomic E-state index is 10.5. The molecule has 0 aliphatic carbocycles. The van der Waals surface area contributed by atoms with Crippen molar-refractivity contribution in [3.05, 3.63) is 0 Å². The number of ether oxygens (including phenoxy) is 1. The molecule has 0 aromatic heterocycles. The van der Waals surface area contributed by atoms with Crippen LogP contribution in [0.1, 0.15) is 6.42 Å². The third-order valence-corrected chi connectivity index (χ3v) is 2.49. The second kappa shape index (κ2) is 6.05. The fourth-order valence-corrected chi connectivity index (χ4v) is 1.64. The predicted octanol–water partition coefficient (Wildman–Crippen LogP) is -0.276. The first-order valence-corrected chi connectivity index (χ1v) is 5.28. The molecule has 1 unspecified atom stereocenters. The van der Waals surface area contributed by atoms with Gasteiger partial charge in [0, 0.05) is 26.2 Å². The molecule has 1 aliphatic heterocycles. The second-order valence-electron chi connectivity index (χ2n) is 4.19. The van der Waals surface area contributed by atoms with E-state index in [4.69, 9.17) is 9.84 Å². The Morgan fingerprint density at radius 3 is 2.93 bits per heavy atom. The number of rotatable bonds is 5. The largest absolute Gasteiger partial charge is 0.481 e. The number of morpholine rings is 1. The number of carbonyl (C=O) groups is 1. The van der Waals surface area contributed by atoms with Crippen molar-refractivity contribution < 1.29 is 14.6 Å². The molecule has 15 heavy (non-hydrogen) atoms. The third-order valence-electron chi connectivity index (χ3n) is 2.49. The van der Waals surface area contributed by atoms with Gasteiger partial charge in [0.05, 0.1) is 19.1 Å². The highest BCUT2D eigenvalue weighted by atomic mass is 16.5. The van der Waals surface area contributed by atoms with Crippen molar-refractivity contribution in [3.8, 4) is 0 Å². The van der Waals surface area contributed by atoms with Crippen LogP contribution in [0.5, 0.6) is 0 Å². The summed E-state index contributed by atoms with van der Waals surface area (Å²) >= 11 is 0. The molecular formula is C10H20N2O3. The molecule has 1 heterocycles. The summed E-state index contributed by atoms with van der Waals surface area (Å²) in [4.78, 5) is 14.9. The minimum Gasteiger partial charge on any atom is -0.481 e. The second-order valence-corrected chi connectivity index (χ2v) is 4.19. The Bertz CT molecular complexity index is 209. The molecule has 1 aliphatic rings. The van der Waals surface area contributed by atoms with E-state index in [1.54, 1.807) is 0 Å². The Kier molecular flexibility index (Phi) is 5.01. The van der Waals surface area contributed by atoms with Crippen LogP contribution in [-0.4, -0.2) is 73.9 Å². The molecule has 0 amide bonds. The Hall–Kier alpha value is -0.650. The smallest absolute Gasteiger partial charge is 0.306 e. The van der Waals surface area contributed by atoms with Gasteiger partial charge in [0.25, 0.3) is 0 Å². The first kappa shape index (κ1) is 12.4. The highest BCUT2D eigenvalue weighted by Crippen LogP contribution is 2.08. The monoisotopic (exact) mass is 216 g/mol. The van der Waals surface area contributed by atoms with Gasteiger partial charge in [-0.15, -0.1) is 0 Å². The number of hydrogen-bond donors (Lipinski definition) is 1. The van der Waals surface area contributed by atoms with E-state index in [0.717, 1.165) is 26.2 Å². The molecule has 0 bridgehead atoms. The van der Waals surface area contributed by atoms with E-state index in [9.17, 15) is 4.79 Å². The van der Waals surface area contributed by atoms with E-state index < -0.39 is 5.97 Å². The van der Waals surface area contributed by atoms with Crippen molar-refractivity contribution in [3.63, 3.8) is 0 Å². The van der Waals surface area contributed by atoms with Crippen LogP contribution in [0, 0.1) is 0 Å². The maximum absolute atomic E-state index is 10.5. The average molecular weight is 216 g/mol. The lowest BCUT2D eigenvalue weighted by Gasteiger charge is -2.32. The fraction of sp³-hybridized carbons (Fsp3) is 0.900. The van der Waals surface area contributed by atoms with Crippen LogP contribution in [0.2, 0.25) is 0 Å². The lowest BCUT2D eigenvalue weighted by atomic mass is 10.2. The molecule has 1 rings (SSSR count). The number of nitrogens with zero attached hydrogens (tertiary/aromatic N) is 2. The topological polar surface area (TPSA) is 53.0 Å². The Morgan fingerprint density at radius 2 is 2.33 bits per heavy atom. The van der Waals surface area contributed by atoms with Crippen LogP contribution in [0.4, 0.5) is 0 Å². The zero-order valence-electron chi connectivity index (χ0n) is 9.48. The minimum atomic E-state index is -0.783. The van der Waals surface area contributed by atoms with Gasteiger partial charge in [-0.2, -0.15) is 0 Å². The molecule has 1 N–H and O–H groups in total. The van der Waals surface area contributed by atoms with Gasteiger partial charge in [-0.25, -0.2) is 0 Å². The van der Waals surface area contributed by atoms with E-state index in [0.29, 0.717) is 6.61 Å². The van der Waals surface area contributed by atoms with Crippen molar-refractivity contribution in [2.24, 2.45) is 0 Å². The zero-order chi connectivity index (χ0) is 11.3. The molecule has 5 heteroatoms. The molecule has 0 radical (unpaired) electrons. The van der Waals surface area contributed by atoms with Crippen molar-refractivity contribution >= 4 is 5.97 Å². The fourth-order valence-electron chi connectivity index (χ4n) is 1.64. The number of hydrogen-bond acceptors (Lipinski definition) is 4. The van der Waals surface area contributed by atoms with Gasteiger partial charge in [-0.05, 0) is 14.1 Å². The third kappa shape index (κ3) is 5.11. The van der Waals surface area contributed by atoms with Crippen molar-refractivity contribution in [1.29, 1.82) is 0 Å². The zero-order valence-corrected chi connectivity index (χ0v) is 9.48. The van der Waals surface area contributed by atoms with Crippen molar-refractivity contribution in [2.45, 2.75) is 12.5 Å². The molecule has 0 aromatic rings. The lowest BCUT2D eigenvalue weighted by molar-refractivity contribution is -0.142. The number of likely N-dealkylation sites (N-methyl/N-ethyl adjacent to an activating group) is 1. The predicted molar refractivity (Wildman–Crippen MR) is 57.0 cm³/mol. The average Bonchev–Trinajstić information content (AvgIpc) is 2.14. The van der Waals surface area contributed by atoms with E-state index in [-0.39, 0.29) is 12.5 Å². The normalized spacial score (nSPS) is 23.3. The van der Waals surface area contributed by atoms with E-state index in [1.165, 1.54) is 0 Å². The summed E-state index contributed by atoms with van der Waals surface area (Å²) in [6.45, 7) is 4.27. The van der Waals surface area contributed by atoms with Gasteiger partial charge >= 0.3 is 5.97 Å². The summed E-state index contributed by atoms with van der Waals surface area (Å²) in [6.07, 6.45) is -0.0308. The van der Waals surface area contributed by atoms with Crippen molar-refractivity contribution in [1.82, 2.24) is 9.80 Å². The SMILES string of the molecule is CN(C)CCN1CCOC(CC(=O)O)C1. The van der Waals surface area contributed by atoms with E-state index in [1.807, 2.05) is 14.1 Å². The Labute approximate surface area is 90.6 Å². The standard InChI is InChI=1S/C10H20N2O3/c1-11(2)3-4-12-5-6-15-9(8-12)7-10(13)14/h9H,3-8H2,1-2H3,(H,13,14). The van der Waals surface area contributed by atoms with Gasteiger partial charge in [-0.1, -0.05) is 0 Å². The molecule has 0 spiro atoms. The lowest BCUT2D eigenvalue weighted by Crippen LogP contribution is -2.45. The highest BCUT2D eigenvalue weighted by Gasteiger charge is 2.22. The summed E-state index contributed by atoms with van der Waals surface area (Å²) in [5, 5.41) is 8.66. The van der Waals surface area contributed by atoms with Gasteiger partial charge in [0.2, 0.25) is 0 Å². The maximum Gasteiger partial charge on any atom is 0.306 e. The van der Waals surface area contributed by atoms with Gasteiger partial charge in [0.15, 0.2) is 0 Å². The van der Waals surface area contributed by atoms with Gasteiger partial charge in [-0.3, -0.25) is 9.69 Å². The highest BCUT2D eigenvalue weighted by molar-refractivity contribution is 5.67. The number of carboxylic acid groups (broad SMARTS) is 1. The molecular weight excluding hydrogens is 196 g/mol. The van der Waals surface area contributed by atoms with Crippen LogP contribution < -0.4 is 0 Å². The molecule has 1 saturated heterocycles. The minimum absolute atomic E-state index is 0.110. The Morgan fingerprint density at radius 1 is 1.60 bits per heavy atom. The van der Waals surface area contributed by atoms with Crippen LogP contribution in [0.25, 0.3) is 0 Å². The first-order chi connectivity index (χ1) is 7.08. The quantitative estimate of drug-likeness (QED) is 0.685. The molecule has 5 nitrogen and oxygen atoms in total.